The van der Waals surface area contributed by atoms with E-state index in [0.29, 0.717) is 19.6 Å². The summed E-state index contributed by atoms with van der Waals surface area (Å²) in [6, 6.07) is 8.46. The minimum atomic E-state index is -0.00528. The van der Waals surface area contributed by atoms with Crippen LogP contribution in [-0.2, 0) is 22.4 Å². The summed E-state index contributed by atoms with van der Waals surface area (Å²) in [7, 11) is 1.62. The van der Waals surface area contributed by atoms with Gasteiger partial charge in [0.2, 0.25) is 5.91 Å². The molecule has 0 unspecified atom stereocenters. The van der Waals surface area contributed by atoms with Crippen molar-refractivity contribution in [1.82, 2.24) is 14.7 Å². The van der Waals surface area contributed by atoms with E-state index in [9.17, 15) is 4.79 Å². The maximum Gasteiger partial charge on any atom is 0.226 e. The number of aryl methyl sites for hydroxylation is 1. The molecule has 6 heteroatoms. The minimum Gasteiger partial charge on any atom is -0.383 e. The van der Waals surface area contributed by atoms with E-state index in [1.165, 1.54) is 5.56 Å². The average Bonchev–Trinajstić information content (AvgIpc) is 3.17. The quantitative estimate of drug-likeness (QED) is 0.671. The summed E-state index contributed by atoms with van der Waals surface area (Å²) >= 11 is 1.55. The molecule has 0 saturated heterocycles. The van der Waals surface area contributed by atoms with Crippen LogP contribution in [-0.4, -0.2) is 35.6 Å². The number of hydrogen-bond acceptors (Lipinski definition) is 4. The molecule has 1 aromatic carbocycles. The zero-order chi connectivity index (χ0) is 16.9. The molecule has 0 aliphatic heterocycles. The number of benzene rings is 1. The van der Waals surface area contributed by atoms with Gasteiger partial charge in [-0.05, 0) is 12.0 Å². The molecule has 0 fully saturated rings. The summed E-state index contributed by atoms with van der Waals surface area (Å²) < 4.78 is 6.94. The lowest BCUT2D eigenvalue weighted by Gasteiger charge is -2.03. The van der Waals surface area contributed by atoms with Crippen LogP contribution in [0.5, 0.6) is 0 Å². The van der Waals surface area contributed by atoms with Gasteiger partial charge in [-0.1, -0.05) is 31.2 Å². The fraction of sp³-hybridized carbons (Fsp3) is 0.333. The second-order valence-corrected chi connectivity index (χ2v) is 6.41. The van der Waals surface area contributed by atoms with E-state index in [2.05, 4.69) is 41.5 Å². The van der Waals surface area contributed by atoms with Crippen LogP contribution in [0, 0.1) is 0 Å². The molecule has 0 bridgehead atoms. The highest BCUT2D eigenvalue weighted by Crippen LogP contribution is 2.24. The highest BCUT2D eigenvalue weighted by Gasteiger charge is 2.12. The molecule has 0 atom stereocenters. The number of imidazole rings is 1. The van der Waals surface area contributed by atoms with Crippen molar-refractivity contribution < 1.29 is 9.53 Å². The van der Waals surface area contributed by atoms with Crippen molar-refractivity contribution in [3.63, 3.8) is 0 Å². The van der Waals surface area contributed by atoms with Crippen molar-refractivity contribution in [1.29, 1.82) is 0 Å². The third-order valence-electron chi connectivity index (χ3n) is 3.91. The van der Waals surface area contributed by atoms with Gasteiger partial charge in [0, 0.05) is 36.5 Å². The van der Waals surface area contributed by atoms with Gasteiger partial charge >= 0.3 is 0 Å². The molecule has 3 aromatic rings. The summed E-state index contributed by atoms with van der Waals surface area (Å²) in [4.78, 5) is 17.6. The first-order chi connectivity index (χ1) is 11.7. The Morgan fingerprint density at radius 3 is 2.83 bits per heavy atom. The summed E-state index contributed by atoms with van der Waals surface area (Å²) in [5, 5.41) is 4.83. The number of hydrogen-bond donors (Lipinski definition) is 1. The van der Waals surface area contributed by atoms with Crippen LogP contribution in [0.3, 0.4) is 0 Å². The van der Waals surface area contributed by atoms with Crippen molar-refractivity contribution in [2.45, 2.75) is 19.8 Å². The first-order valence-electron chi connectivity index (χ1n) is 8.01. The highest BCUT2D eigenvalue weighted by molar-refractivity contribution is 7.15. The van der Waals surface area contributed by atoms with E-state index >= 15 is 0 Å². The van der Waals surface area contributed by atoms with Gasteiger partial charge in [0.15, 0.2) is 4.96 Å². The van der Waals surface area contributed by atoms with Crippen LogP contribution >= 0.6 is 11.3 Å². The van der Waals surface area contributed by atoms with E-state index in [-0.39, 0.29) is 5.91 Å². The standard InChI is InChI=1S/C18H21N3O2S/c1-3-13-4-6-14(7-5-13)16-11-21-15(12-24-18(21)20-16)10-17(22)19-8-9-23-2/h4-7,11-12H,3,8-10H2,1-2H3,(H,19,22). The summed E-state index contributed by atoms with van der Waals surface area (Å²) in [5.41, 5.74) is 4.30. The third kappa shape index (κ3) is 3.66. The largest absolute Gasteiger partial charge is 0.383 e. The highest BCUT2D eigenvalue weighted by atomic mass is 32.1. The van der Waals surface area contributed by atoms with Crippen LogP contribution in [0.1, 0.15) is 18.2 Å². The molecule has 0 spiro atoms. The van der Waals surface area contributed by atoms with Crippen LogP contribution < -0.4 is 5.32 Å². The number of carbonyl (C=O) groups excluding carboxylic acids is 1. The van der Waals surface area contributed by atoms with Crippen molar-refractivity contribution >= 4 is 22.2 Å². The molecule has 0 aliphatic carbocycles. The molecule has 1 amide bonds. The minimum absolute atomic E-state index is 0.00528. The molecular weight excluding hydrogens is 322 g/mol. The number of amides is 1. The molecule has 126 valence electrons. The van der Waals surface area contributed by atoms with Gasteiger partial charge in [-0.25, -0.2) is 4.98 Å². The number of aromatic nitrogens is 2. The summed E-state index contributed by atoms with van der Waals surface area (Å²) in [6.07, 6.45) is 3.37. The predicted octanol–water partition coefficient (Wildman–Crippen LogP) is 2.93. The Labute approximate surface area is 145 Å². The first kappa shape index (κ1) is 16.7. The molecular formula is C18H21N3O2S. The fourth-order valence-corrected chi connectivity index (χ4v) is 3.40. The van der Waals surface area contributed by atoms with Gasteiger partial charge in [-0.3, -0.25) is 9.20 Å². The topological polar surface area (TPSA) is 55.6 Å². The van der Waals surface area contributed by atoms with Crippen molar-refractivity contribution in [2.75, 3.05) is 20.3 Å². The van der Waals surface area contributed by atoms with Crippen LogP contribution in [0.4, 0.5) is 0 Å². The first-order valence-corrected chi connectivity index (χ1v) is 8.89. The van der Waals surface area contributed by atoms with E-state index in [0.717, 1.165) is 28.3 Å². The lowest BCUT2D eigenvalue weighted by atomic mass is 10.1. The van der Waals surface area contributed by atoms with Crippen molar-refractivity contribution in [3.05, 3.63) is 47.1 Å². The number of ether oxygens (including phenoxy) is 1. The molecule has 5 nitrogen and oxygen atoms in total. The molecule has 24 heavy (non-hydrogen) atoms. The average molecular weight is 343 g/mol. The Bertz CT molecular complexity index is 821. The molecule has 3 rings (SSSR count). The van der Waals surface area contributed by atoms with E-state index < -0.39 is 0 Å². The van der Waals surface area contributed by atoms with E-state index in [1.807, 2.05) is 16.0 Å². The molecule has 0 aliphatic rings. The Morgan fingerprint density at radius 1 is 1.33 bits per heavy atom. The number of nitrogens with one attached hydrogen (secondary N) is 1. The second kappa shape index (κ2) is 7.59. The Morgan fingerprint density at radius 2 is 2.12 bits per heavy atom. The monoisotopic (exact) mass is 343 g/mol. The Balaban J connectivity index is 1.77. The van der Waals surface area contributed by atoms with E-state index in [1.54, 1.807) is 18.4 Å². The fourth-order valence-electron chi connectivity index (χ4n) is 2.53. The molecule has 0 radical (unpaired) electrons. The lowest BCUT2D eigenvalue weighted by molar-refractivity contribution is -0.120. The third-order valence-corrected chi connectivity index (χ3v) is 4.80. The molecule has 0 saturated carbocycles. The Hall–Kier alpha value is -2.18. The van der Waals surface area contributed by atoms with Gasteiger partial charge in [-0.2, -0.15) is 0 Å². The molecule has 2 heterocycles. The second-order valence-electron chi connectivity index (χ2n) is 5.58. The van der Waals surface area contributed by atoms with Crippen molar-refractivity contribution in [2.24, 2.45) is 0 Å². The number of rotatable bonds is 7. The number of nitrogens with zero attached hydrogens (tertiary/aromatic N) is 2. The van der Waals surface area contributed by atoms with Crippen molar-refractivity contribution in [3.8, 4) is 11.3 Å². The van der Waals surface area contributed by atoms with Crippen LogP contribution in [0.15, 0.2) is 35.8 Å². The smallest absolute Gasteiger partial charge is 0.226 e. The van der Waals surface area contributed by atoms with Gasteiger partial charge in [0.1, 0.15) is 0 Å². The number of thiazole rings is 1. The van der Waals surface area contributed by atoms with Crippen LogP contribution in [0.2, 0.25) is 0 Å². The summed E-state index contributed by atoms with van der Waals surface area (Å²) in [6.45, 7) is 3.20. The SMILES string of the molecule is CCc1ccc(-c2cn3c(CC(=O)NCCOC)csc3n2)cc1. The van der Waals surface area contributed by atoms with Gasteiger partial charge in [0.05, 0.1) is 18.7 Å². The maximum atomic E-state index is 12.0. The van der Waals surface area contributed by atoms with Gasteiger partial charge in [-0.15, -0.1) is 11.3 Å². The molecule has 1 N–H and O–H groups in total. The number of fused-ring (bicyclic) bond motifs is 1. The van der Waals surface area contributed by atoms with Crippen LogP contribution in [0.25, 0.3) is 16.2 Å². The summed E-state index contributed by atoms with van der Waals surface area (Å²) in [5.74, 6) is -0.00528. The number of methoxy groups -OCH3 is 1. The predicted molar refractivity (Wildman–Crippen MR) is 96.5 cm³/mol. The zero-order valence-corrected chi connectivity index (χ0v) is 14.7. The van der Waals surface area contributed by atoms with Gasteiger partial charge in [0.25, 0.3) is 0 Å². The number of carbonyl (C=O) groups is 1. The van der Waals surface area contributed by atoms with E-state index in [4.69, 9.17) is 4.74 Å². The normalized spacial score (nSPS) is 11.1. The Kier molecular flexibility index (Phi) is 5.27. The molecule has 2 aromatic heterocycles. The zero-order valence-electron chi connectivity index (χ0n) is 13.9. The lowest BCUT2D eigenvalue weighted by Crippen LogP contribution is -2.28. The van der Waals surface area contributed by atoms with Gasteiger partial charge < -0.3 is 10.1 Å². The maximum absolute atomic E-state index is 12.0.